The molecule has 0 fully saturated rings. The van der Waals surface area contributed by atoms with Gasteiger partial charge in [0.2, 0.25) is 0 Å². The Bertz CT molecular complexity index is 1800. The zero-order valence-corrected chi connectivity index (χ0v) is 61.3. The predicted molar refractivity (Wildman–Crippen MR) is 367 cm³/mol. The molecule has 0 heterocycles. The number of aliphatic hydroxyl groups is 1. The summed E-state index contributed by atoms with van der Waals surface area (Å²) < 4.78 is 68.3. The minimum absolute atomic E-state index is 0.102. The van der Waals surface area contributed by atoms with Crippen LogP contribution in [0.3, 0.4) is 0 Å². The van der Waals surface area contributed by atoms with E-state index < -0.39 is 97.5 Å². The Morgan fingerprint density at radius 2 is 0.527 bits per heavy atom. The number of carbonyl (C=O) groups excluding carboxylic acids is 4. The van der Waals surface area contributed by atoms with Crippen LogP contribution in [-0.2, 0) is 65.4 Å². The third kappa shape index (κ3) is 63.9. The van der Waals surface area contributed by atoms with Gasteiger partial charge in [0.15, 0.2) is 12.2 Å². The molecular weight excluding hydrogens is 1200 g/mol. The summed E-state index contributed by atoms with van der Waals surface area (Å²) in [5.74, 6) is 0.900. The lowest BCUT2D eigenvalue weighted by atomic mass is 9.99. The van der Waals surface area contributed by atoms with Crippen LogP contribution in [-0.4, -0.2) is 96.7 Å². The molecule has 0 aromatic carbocycles. The van der Waals surface area contributed by atoms with Crippen LogP contribution in [0.15, 0.2) is 0 Å². The van der Waals surface area contributed by atoms with Crippen LogP contribution in [0.5, 0.6) is 0 Å². The smallest absolute Gasteiger partial charge is 0.462 e. The number of unbranched alkanes of at least 4 members (excludes halogenated alkanes) is 33. The van der Waals surface area contributed by atoms with Crippen molar-refractivity contribution in [3.8, 4) is 0 Å². The first-order valence-corrected chi connectivity index (χ1v) is 40.3. The molecule has 7 atom stereocenters. The first-order chi connectivity index (χ1) is 43.7. The molecule has 91 heavy (non-hydrogen) atoms. The van der Waals surface area contributed by atoms with Crippen LogP contribution in [0, 0.1) is 23.7 Å². The van der Waals surface area contributed by atoms with Crippen LogP contribution in [0.1, 0.15) is 357 Å². The molecule has 540 valence electrons. The molecule has 19 heteroatoms. The summed E-state index contributed by atoms with van der Waals surface area (Å²) in [7, 11) is -9.91. The lowest BCUT2D eigenvalue weighted by Gasteiger charge is -2.21. The highest BCUT2D eigenvalue weighted by atomic mass is 31.2. The highest BCUT2D eigenvalue weighted by Crippen LogP contribution is 2.45. The van der Waals surface area contributed by atoms with Gasteiger partial charge in [0.05, 0.1) is 26.4 Å². The lowest BCUT2D eigenvalue weighted by Crippen LogP contribution is -2.30. The van der Waals surface area contributed by atoms with E-state index in [1.165, 1.54) is 154 Å². The van der Waals surface area contributed by atoms with E-state index in [1.807, 2.05) is 0 Å². The average Bonchev–Trinajstić information content (AvgIpc) is 3.57. The van der Waals surface area contributed by atoms with Crippen LogP contribution >= 0.6 is 15.6 Å². The number of phosphoric ester groups is 2. The molecule has 0 amide bonds. The number of ether oxygens (including phenoxy) is 4. The molecule has 0 aliphatic rings. The van der Waals surface area contributed by atoms with Crippen molar-refractivity contribution in [1.29, 1.82) is 0 Å². The second kappa shape index (κ2) is 61.6. The van der Waals surface area contributed by atoms with Gasteiger partial charge in [-0.05, 0) is 49.4 Å². The zero-order chi connectivity index (χ0) is 67.5. The molecule has 0 aliphatic carbocycles. The molecule has 0 radical (unpaired) electrons. The number of rotatable bonds is 69. The van der Waals surface area contributed by atoms with Gasteiger partial charge < -0.3 is 33.8 Å². The summed E-state index contributed by atoms with van der Waals surface area (Å²) in [6.45, 7) is 14.1. The van der Waals surface area contributed by atoms with Gasteiger partial charge in [-0.15, -0.1) is 0 Å². The maximum Gasteiger partial charge on any atom is 0.472 e. The molecule has 0 aromatic heterocycles. The first-order valence-electron chi connectivity index (χ1n) is 37.3. The van der Waals surface area contributed by atoms with E-state index in [9.17, 15) is 43.2 Å². The van der Waals surface area contributed by atoms with E-state index in [0.717, 1.165) is 114 Å². The van der Waals surface area contributed by atoms with Crippen molar-refractivity contribution in [2.24, 2.45) is 23.7 Å². The Balaban J connectivity index is 5.25. The van der Waals surface area contributed by atoms with Gasteiger partial charge in [0.25, 0.3) is 0 Å². The maximum atomic E-state index is 13.0. The molecule has 0 rings (SSSR count). The number of carbonyl (C=O) groups is 4. The third-order valence-corrected chi connectivity index (χ3v) is 19.2. The quantitative estimate of drug-likeness (QED) is 0.0222. The van der Waals surface area contributed by atoms with Crippen LogP contribution < -0.4 is 0 Å². The van der Waals surface area contributed by atoms with E-state index >= 15 is 0 Å². The number of aliphatic hydroxyl groups excluding tert-OH is 1. The summed E-state index contributed by atoms with van der Waals surface area (Å²) in [6.07, 6.45) is 44.5. The van der Waals surface area contributed by atoms with E-state index in [-0.39, 0.29) is 25.7 Å². The largest absolute Gasteiger partial charge is 0.472 e. The highest BCUT2D eigenvalue weighted by Gasteiger charge is 2.30. The van der Waals surface area contributed by atoms with Crippen LogP contribution in [0.2, 0.25) is 0 Å². The van der Waals surface area contributed by atoms with Crippen LogP contribution in [0.25, 0.3) is 0 Å². The first kappa shape index (κ1) is 89.1. The van der Waals surface area contributed by atoms with Gasteiger partial charge in [-0.25, -0.2) is 9.13 Å². The Morgan fingerprint density at radius 3 is 0.780 bits per heavy atom. The van der Waals surface area contributed by atoms with E-state index in [1.54, 1.807) is 0 Å². The third-order valence-electron chi connectivity index (χ3n) is 17.3. The molecule has 3 N–H and O–H groups in total. The normalized spacial score (nSPS) is 14.8. The Hall–Kier alpha value is -1.94. The Labute approximate surface area is 556 Å². The van der Waals surface area contributed by atoms with E-state index in [4.69, 9.17) is 37.0 Å². The van der Waals surface area contributed by atoms with Crippen molar-refractivity contribution in [2.45, 2.75) is 375 Å². The number of hydrogen-bond acceptors (Lipinski definition) is 15. The molecule has 5 unspecified atom stereocenters. The molecule has 0 spiro atoms. The summed E-state index contributed by atoms with van der Waals surface area (Å²) in [5, 5.41) is 10.6. The summed E-state index contributed by atoms with van der Waals surface area (Å²) in [5.41, 5.74) is 0. The van der Waals surface area contributed by atoms with Crippen molar-refractivity contribution in [3.63, 3.8) is 0 Å². The summed E-state index contributed by atoms with van der Waals surface area (Å²) in [4.78, 5) is 72.6. The molecule has 17 nitrogen and oxygen atoms in total. The zero-order valence-electron chi connectivity index (χ0n) is 59.5. The van der Waals surface area contributed by atoms with Gasteiger partial charge in [-0.2, -0.15) is 0 Å². The van der Waals surface area contributed by atoms with Crippen molar-refractivity contribution >= 4 is 39.5 Å². The minimum atomic E-state index is -4.96. The monoisotopic (exact) mass is 1340 g/mol. The number of hydrogen-bond donors (Lipinski definition) is 3. The molecular formula is C72H140O17P2. The van der Waals surface area contributed by atoms with Crippen molar-refractivity contribution in [3.05, 3.63) is 0 Å². The fourth-order valence-corrected chi connectivity index (χ4v) is 12.4. The molecule has 0 saturated heterocycles. The Kier molecular flexibility index (Phi) is 60.3. The fourth-order valence-electron chi connectivity index (χ4n) is 10.8. The molecule has 0 aromatic rings. The molecule has 0 aliphatic heterocycles. The second-order valence-electron chi connectivity index (χ2n) is 27.4. The van der Waals surface area contributed by atoms with Gasteiger partial charge in [-0.3, -0.25) is 37.3 Å². The van der Waals surface area contributed by atoms with Crippen molar-refractivity contribution in [2.75, 3.05) is 39.6 Å². The SMILES string of the molecule is CCC(C)CCCCCCCCCCCCC(=O)OC[C@H](COP(=O)(O)OCC(O)COP(=O)(O)OC[C@@H](COC(=O)CCCCCCCCCC(C)C)OC(=O)CCCCCCCCC(C)CC)OC(=O)CCCCCCCCCCCCCCCCC(C)C. The second-order valence-corrected chi connectivity index (χ2v) is 30.3. The molecule has 0 bridgehead atoms. The maximum absolute atomic E-state index is 13.0. The van der Waals surface area contributed by atoms with E-state index in [0.29, 0.717) is 31.6 Å². The topological polar surface area (TPSA) is 237 Å². The van der Waals surface area contributed by atoms with Crippen molar-refractivity contribution in [1.82, 2.24) is 0 Å². The highest BCUT2D eigenvalue weighted by molar-refractivity contribution is 7.47. The summed E-state index contributed by atoms with van der Waals surface area (Å²) in [6, 6.07) is 0. The van der Waals surface area contributed by atoms with Crippen molar-refractivity contribution < 1.29 is 80.2 Å². The fraction of sp³-hybridized carbons (Fsp3) is 0.944. The van der Waals surface area contributed by atoms with Gasteiger partial charge in [0.1, 0.15) is 19.3 Å². The predicted octanol–water partition coefficient (Wildman–Crippen LogP) is 20.5. The van der Waals surface area contributed by atoms with Gasteiger partial charge in [0, 0.05) is 25.7 Å². The number of esters is 4. The Morgan fingerprint density at radius 1 is 0.308 bits per heavy atom. The van der Waals surface area contributed by atoms with Crippen LogP contribution in [0.4, 0.5) is 0 Å². The standard InChI is InChI=1S/C72H140O17P2/c1-9-64(7)50-42-34-26-20-17-18-21-27-36-44-52-69(74)82-58-67(88-71(76)54-46-38-28-22-16-14-12-11-13-15-19-24-32-40-48-62(3)4)60-86-90(78,79)84-56-66(73)57-85-91(80,81)87-61-68(89-72(77)55-47-39-31-30-35-43-51-65(8)10-2)59-83-70(75)53-45-37-29-23-25-33-41-49-63(5)6/h62-68,73H,9-61H2,1-8H3,(H,78,79)(H,80,81)/t64?,65?,66?,67-,68-/m1/s1. The lowest BCUT2D eigenvalue weighted by molar-refractivity contribution is -0.161. The van der Waals surface area contributed by atoms with Gasteiger partial charge >= 0.3 is 39.5 Å². The van der Waals surface area contributed by atoms with E-state index in [2.05, 4.69) is 55.4 Å². The molecule has 0 saturated carbocycles. The van der Waals surface area contributed by atoms with Gasteiger partial charge in [-0.1, -0.05) is 306 Å². The average molecular weight is 1340 g/mol. The minimum Gasteiger partial charge on any atom is -0.462 e. The summed E-state index contributed by atoms with van der Waals surface area (Å²) >= 11 is 0. The number of phosphoric acid groups is 2.